The van der Waals surface area contributed by atoms with Crippen molar-refractivity contribution < 1.29 is 9.53 Å². The summed E-state index contributed by atoms with van der Waals surface area (Å²) in [6.07, 6.45) is 5.48. The first-order valence-electron chi connectivity index (χ1n) is 7.63. The average molecular weight is 374 g/mol. The van der Waals surface area contributed by atoms with Crippen LogP contribution in [0.25, 0.3) is 10.2 Å². The van der Waals surface area contributed by atoms with Crippen LogP contribution in [0.4, 0.5) is 5.95 Å². The second-order valence-electron chi connectivity index (χ2n) is 5.98. The molecule has 0 fully saturated rings. The minimum atomic E-state index is -0.707. The summed E-state index contributed by atoms with van der Waals surface area (Å²) in [5.74, 6) is 0.147. The van der Waals surface area contributed by atoms with Crippen LogP contribution in [0.2, 0.25) is 0 Å². The van der Waals surface area contributed by atoms with E-state index in [2.05, 4.69) is 20.3 Å². The predicted molar refractivity (Wildman–Crippen MR) is 101 cm³/mol. The summed E-state index contributed by atoms with van der Waals surface area (Å²) in [4.78, 5) is 26.1. The van der Waals surface area contributed by atoms with E-state index in [1.54, 1.807) is 35.7 Å². The molecule has 0 aliphatic carbocycles. The van der Waals surface area contributed by atoms with Crippen LogP contribution < -0.4 is 5.32 Å². The van der Waals surface area contributed by atoms with Crippen molar-refractivity contribution in [3.63, 3.8) is 0 Å². The summed E-state index contributed by atoms with van der Waals surface area (Å²) in [7, 11) is 0. The Morgan fingerprint density at radius 1 is 1.28 bits per heavy atom. The summed E-state index contributed by atoms with van der Waals surface area (Å²) >= 11 is 3.08. The summed E-state index contributed by atoms with van der Waals surface area (Å²) < 4.78 is 6.60. The van der Waals surface area contributed by atoms with Gasteiger partial charge in [0.15, 0.2) is 0 Å². The van der Waals surface area contributed by atoms with E-state index < -0.39 is 5.60 Å². The maximum absolute atomic E-state index is 12.4. The monoisotopic (exact) mass is 374 g/mol. The van der Waals surface area contributed by atoms with Crippen LogP contribution in [-0.4, -0.2) is 39.3 Å². The first kappa shape index (κ1) is 17.6. The fourth-order valence-electron chi connectivity index (χ4n) is 2.13. The maximum atomic E-state index is 12.4. The summed E-state index contributed by atoms with van der Waals surface area (Å²) in [6.45, 7) is 4.10. The van der Waals surface area contributed by atoms with E-state index in [9.17, 15) is 4.79 Å². The third-order valence-electron chi connectivity index (χ3n) is 3.47. The Labute approximate surface area is 154 Å². The number of ether oxygens (including phenoxy) is 1. The van der Waals surface area contributed by atoms with Gasteiger partial charge in [-0.1, -0.05) is 0 Å². The van der Waals surface area contributed by atoms with Crippen molar-refractivity contribution in [2.24, 2.45) is 0 Å². The number of hydrogen-bond acceptors (Lipinski definition) is 8. The van der Waals surface area contributed by atoms with Crippen LogP contribution in [0.3, 0.4) is 0 Å². The molecule has 1 aromatic carbocycles. The van der Waals surface area contributed by atoms with Crippen LogP contribution in [0, 0.1) is 0 Å². The molecule has 2 aromatic heterocycles. The van der Waals surface area contributed by atoms with Gasteiger partial charge in [-0.2, -0.15) is 0 Å². The fraction of sp³-hybridized carbons (Fsp3) is 0.294. The number of anilines is 1. The summed E-state index contributed by atoms with van der Waals surface area (Å²) in [5.41, 5.74) is 2.45. The lowest BCUT2D eigenvalue weighted by molar-refractivity contribution is 0.00455. The highest BCUT2D eigenvalue weighted by Crippen LogP contribution is 2.21. The molecular weight excluding hydrogens is 356 g/mol. The Hall–Kier alpha value is -2.19. The van der Waals surface area contributed by atoms with Gasteiger partial charge in [-0.25, -0.2) is 19.7 Å². The topological polar surface area (TPSA) is 77.0 Å². The number of thioether (sulfide) groups is 1. The minimum Gasteiger partial charge on any atom is -0.454 e. The second kappa shape index (κ2) is 7.37. The Morgan fingerprint density at radius 3 is 2.76 bits per heavy atom. The zero-order valence-electron chi connectivity index (χ0n) is 14.1. The Balaban J connectivity index is 1.62. The quantitative estimate of drug-likeness (QED) is 0.518. The number of benzene rings is 1. The standard InChI is InChI=1S/C17H18N4O2S2/c1-17(2,9-20-16-18-7-12(24-3)8-19-16)23-15(22)11-4-5-13-14(6-11)25-10-21-13/h4-8,10H,9H2,1-3H3,(H,18,19,20). The molecule has 130 valence electrons. The lowest BCUT2D eigenvalue weighted by atomic mass is 10.1. The van der Waals surface area contributed by atoms with E-state index in [0.29, 0.717) is 18.1 Å². The van der Waals surface area contributed by atoms with E-state index in [-0.39, 0.29) is 5.97 Å². The summed E-state index contributed by atoms with van der Waals surface area (Å²) in [6, 6.07) is 5.37. The highest BCUT2D eigenvalue weighted by atomic mass is 32.2. The fourth-order valence-corrected chi connectivity index (χ4v) is 3.17. The van der Waals surface area contributed by atoms with Crippen molar-refractivity contribution >= 4 is 45.2 Å². The van der Waals surface area contributed by atoms with Crippen LogP contribution in [0.5, 0.6) is 0 Å². The van der Waals surface area contributed by atoms with Gasteiger partial charge < -0.3 is 10.1 Å². The third kappa shape index (κ3) is 4.46. The largest absolute Gasteiger partial charge is 0.454 e. The average Bonchev–Trinajstić information content (AvgIpc) is 3.08. The number of aromatic nitrogens is 3. The molecule has 3 rings (SSSR count). The second-order valence-corrected chi connectivity index (χ2v) is 7.75. The van der Waals surface area contributed by atoms with Crippen LogP contribution >= 0.6 is 23.1 Å². The highest BCUT2D eigenvalue weighted by molar-refractivity contribution is 7.98. The van der Waals surface area contributed by atoms with Gasteiger partial charge in [-0.3, -0.25) is 0 Å². The van der Waals surface area contributed by atoms with Gasteiger partial charge in [0.05, 0.1) is 27.8 Å². The molecule has 0 aliphatic heterocycles. The van der Waals surface area contributed by atoms with Crippen LogP contribution in [0.15, 0.2) is 41.0 Å². The third-order valence-corrected chi connectivity index (χ3v) is 4.95. The number of rotatable bonds is 6. The zero-order valence-corrected chi connectivity index (χ0v) is 15.8. The number of carbonyl (C=O) groups is 1. The van der Waals surface area contributed by atoms with Gasteiger partial charge in [0.2, 0.25) is 5.95 Å². The van der Waals surface area contributed by atoms with Gasteiger partial charge in [0.25, 0.3) is 0 Å². The molecule has 0 atom stereocenters. The molecule has 2 heterocycles. The van der Waals surface area contributed by atoms with E-state index in [0.717, 1.165) is 15.1 Å². The Morgan fingerprint density at radius 2 is 2.04 bits per heavy atom. The number of nitrogens with zero attached hydrogens (tertiary/aromatic N) is 3. The number of carbonyl (C=O) groups excluding carboxylic acids is 1. The van der Waals surface area contributed by atoms with Crippen molar-refractivity contribution in [2.75, 3.05) is 18.1 Å². The van der Waals surface area contributed by atoms with Gasteiger partial charge >= 0.3 is 5.97 Å². The van der Waals surface area contributed by atoms with Gasteiger partial charge in [0, 0.05) is 17.3 Å². The van der Waals surface area contributed by atoms with Crippen molar-refractivity contribution in [3.05, 3.63) is 41.7 Å². The van der Waals surface area contributed by atoms with E-state index in [4.69, 9.17) is 4.74 Å². The van der Waals surface area contributed by atoms with Crippen molar-refractivity contribution in [1.82, 2.24) is 15.0 Å². The van der Waals surface area contributed by atoms with Crippen molar-refractivity contribution in [3.8, 4) is 0 Å². The molecular formula is C17H18N4O2S2. The number of nitrogens with one attached hydrogen (secondary N) is 1. The molecule has 0 bridgehead atoms. The van der Waals surface area contributed by atoms with Crippen molar-refractivity contribution in [1.29, 1.82) is 0 Å². The first-order chi connectivity index (χ1) is 12.0. The molecule has 0 amide bonds. The minimum absolute atomic E-state index is 0.360. The van der Waals surface area contributed by atoms with Gasteiger partial charge in [-0.15, -0.1) is 23.1 Å². The SMILES string of the molecule is CSc1cnc(NCC(C)(C)OC(=O)c2ccc3ncsc3c2)nc1. The Bertz CT molecular complexity index is 878. The van der Waals surface area contributed by atoms with E-state index in [1.165, 1.54) is 11.3 Å². The molecule has 0 aliphatic rings. The molecule has 25 heavy (non-hydrogen) atoms. The lowest BCUT2D eigenvalue weighted by Crippen LogP contribution is -2.36. The smallest absolute Gasteiger partial charge is 0.338 e. The van der Waals surface area contributed by atoms with Crippen LogP contribution in [0.1, 0.15) is 24.2 Å². The van der Waals surface area contributed by atoms with Gasteiger partial charge in [-0.05, 0) is 38.3 Å². The number of fused-ring (bicyclic) bond motifs is 1. The zero-order chi connectivity index (χ0) is 17.9. The molecule has 0 spiro atoms. The van der Waals surface area contributed by atoms with Crippen LogP contribution in [-0.2, 0) is 4.74 Å². The molecule has 0 saturated carbocycles. The maximum Gasteiger partial charge on any atom is 0.338 e. The Kier molecular flexibility index (Phi) is 5.19. The van der Waals surface area contributed by atoms with E-state index in [1.807, 2.05) is 32.2 Å². The molecule has 0 radical (unpaired) electrons. The molecule has 0 saturated heterocycles. The molecule has 6 nitrogen and oxygen atoms in total. The number of thiazole rings is 1. The molecule has 0 unspecified atom stereocenters. The summed E-state index contributed by atoms with van der Waals surface area (Å²) in [5, 5.41) is 3.10. The first-order valence-corrected chi connectivity index (χ1v) is 9.74. The predicted octanol–water partition coefficient (Wildman–Crippen LogP) is 3.86. The van der Waals surface area contributed by atoms with Crippen molar-refractivity contribution in [2.45, 2.75) is 24.3 Å². The molecule has 1 N–H and O–H groups in total. The number of hydrogen-bond donors (Lipinski definition) is 1. The normalized spacial score (nSPS) is 11.5. The number of esters is 1. The van der Waals surface area contributed by atoms with Gasteiger partial charge in [0.1, 0.15) is 5.60 Å². The molecule has 3 aromatic rings. The lowest BCUT2D eigenvalue weighted by Gasteiger charge is -2.25. The highest BCUT2D eigenvalue weighted by Gasteiger charge is 2.24. The molecule has 8 heteroatoms. The van der Waals surface area contributed by atoms with E-state index >= 15 is 0 Å².